The maximum Gasteiger partial charge on any atom is 0.161 e. The first-order chi connectivity index (χ1) is 12.7. The Balaban J connectivity index is 1.71. The van der Waals surface area contributed by atoms with Crippen LogP contribution in [-0.2, 0) is 6.54 Å². The number of nitrogens with one attached hydrogen (secondary N) is 1. The number of benzene rings is 1. The van der Waals surface area contributed by atoms with Gasteiger partial charge in [-0.2, -0.15) is 0 Å². The molecule has 1 saturated heterocycles. The van der Waals surface area contributed by atoms with Crippen molar-refractivity contribution in [3.8, 4) is 11.5 Å². The van der Waals surface area contributed by atoms with E-state index in [1.807, 2.05) is 25.1 Å². The first-order valence-electron chi connectivity index (χ1n) is 9.25. The Kier molecular flexibility index (Phi) is 6.15. The monoisotopic (exact) mass is 356 g/mol. The van der Waals surface area contributed by atoms with Crippen LogP contribution < -0.4 is 19.7 Å². The van der Waals surface area contributed by atoms with Gasteiger partial charge in [0, 0.05) is 25.7 Å². The van der Waals surface area contributed by atoms with Crippen LogP contribution in [-0.4, -0.2) is 37.3 Å². The molecule has 1 aliphatic rings. The summed E-state index contributed by atoms with van der Waals surface area (Å²) in [4.78, 5) is 11.6. The lowest BCUT2D eigenvalue weighted by molar-refractivity contribution is 0.354. The van der Waals surface area contributed by atoms with E-state index < -0.39 is 0 Å². The summed E-state index contributed by atoms with van der Waals surface area (Å²) in [6.45, 7) is 4.76. The SMILES string of the molecule is COc1ccc(CNc2cc(N3CCCCCC3)nc(C)n2)cc1OC. The Hall–Kier alpha value is -2.50. The number of nitrogens with zero attached hydrogens (tertiary/aromatic N) is 3. The van der Waals surface area contributed by atoms with Crippen LogP contribution in [0.3, 0.4) is 0 Å². The van der Waals surface area contributed by atoms with Crippen LogP contribution in [0.1, 0.15) is 37.1 Å². The second-order valence-corrected chi connectivity index (χ2v) is 6.60. The van der Waals surface area contributed by atoms with Gasteiger partial charge >= 0.3 is 0 Å². The molecule has 0 saturated carbocycles. The van der Waals surface area contributed by atoms with Crippen molar-refractivity contribution in [3.05, 3.63) is 35.7 Å². The largest absolute Gasteiger partial charge is 0.493 e. The molecule has 1 aromatic heterocycles. The minimum absolute atomic E-state index is 0.663. The number of methoxy groups -OCH3 is 2. The van der Waals surface area contributed by atoms with Crippen LogP contribution in [0, 0.1) is 6.92 Å². The number of hydrogen-bond acceptors (Lipinski definition) is 6. The van der Waals surface area contributed by atoms with Crippen LogP contribution in [0.4, 0.5) is 11.6 Å². The van der Waals surface area contributed by atoms with E-state index >= 15 is 0 Å². The normalized spacial score (nSPS) is 14.7. The highest BCUT2D eigenvalue weighted by molar-refractivity contribution is 5.50. The Morgan fingerprint density at radius 3 is 2.38 bits per heavy atom. The van der Waals surface area contributed by atoms with Gasteiger partial charge in [-0.1, -0.05) is 18.9 Å². The molecule has 0 radical (unpaired) electrons. The molecular weight excluding hydrogens is 328 g/mol. The number of aryl methyl sites for hydroxylation is 1. The summed E-state index contributed by atoms with van der Waals surface area (Å²) in [5, 5.41) is 3.41. The van der Waals surface area contributed by atoms with Gasteiger partial charge in [0.05, 0.1) is 14.2 Å². The minimum atomic E-state index is 0.663. The van der Waals surface area contributed by atoms with Crippen molar-refractivity contribution in [3.63, 3.8) is 0 Å². The molecule has 3 rings (SSSR count). The highest BCUT2D eigenvalue weighted by Gasteiger charge is 2.13. The molecule has 6 heteroatoms. The molecule has 6 nitrogen and oxygen atoms in total. The van der Waals surface area contributed by atoms with E-state index in [2.05, 4.69) is 26.3 Å². The van der Waals surface area contributed by atoms with E-state index in [4.69, 9.17) is 9.47 Å². The van der Waals surface area contributed by atoms with E-state index in [0.717, 1.165) is 47.6 Å². The van der Waals surface area contributed by atoms with E-state index in [0.29, 0.717) is 6.54 Å². The lowest BCUT2D eigenvalue weighted by Gasteiger charge is -2.22. The smallest absolute Gasteiger partial charge is 0.161 e. The zero-order valence-electron chi connectivity index (χ0n) is 15.9. The summed E-state index contributed by atoms with van der Waals surface area (Å²) in [5.74, 6) is 4.14. The highest BCUT2D eigenvalue weighted by Crippen LogP contribution is 2.28. The van der Waals surface area contributed by atoms with Gasteiger partial charge in [0.15, 0.2) is 11.5 Å². The summed E-state index contributed by atoms with van der Waals surface area (Å²) in [6.07, 6.45) is 5.09. The Bertz CT molecular complexity index is 728. The molecule has 0 aliphatic carbocycles. The first-order valence-corrected chi connectivity index (χ1v) is 9.25. The van der Waals surface area contributed by atoms with Crippen LogP contribution in [0.25, 0.3) is 0 Å². The Labute approximate surface area is 155 Å². The van der Waals surface area contributed by atoms with Crippen molar-refractivity contribution in [1.29, 1.82) is 0 Å². The molecule has 0 bridgehead atoms. The highest BCUT2D eigenvalue weighted by atomic mass is 16.5. The molecule has 1 N–H and O–H groups in total. The average molecular weight is 356 g/mol. The summed E-state index contributed by atoms with van der Waals surface area (Å²) in [6, 6.07) is 7.98. The van der Waals surface area contributed by atoms with Crippen LogP contribution >= 0.6 is 0 Å². The number of rotatable bonds is 6. The predicted molar refractivity (Wildman–Crippen MR) is 104 cm³/mol. The molecule has 0 atom stereocenters. The van der Waals surface area contributed by atoms with Gasteiger partial charge in [-0.05, 0) is 37.5 Å². The molecular formula is C20H28N4O2. The molecule has 1 aromatic carbocycles. The zero-order chi connectivity index (χ0) is 18.4. The summed E-state index contributed by atoms with van der Waals surface area (Å²) < 4.78 is 10.7. The molecule has 26 heavy (non-hydrogen) atoms. The third-order valence-corrected chi connectivity index (χ3v) is 4.68. The molecule has 0 amide bonds. The minimum Gasteiger partial charge on any atom is -0.493 e. The summed E-state index contributed by atoms with van der Waals surface area (Å²) in [7, 11) is 3.29. The standard InChI is InChI=1S/C20H28N4O2/c1-15-22-19(13-20(23-15)24-10-6-4-5-7-11-24)21-14-16-8-9-17(25-2)18(12-16)26-3/h8-9,12-13H,4-7,10-11,14H2,1-3H3,(H,21,22,23). The van der Waals surface area contributed by atoms with Crippen molar-refractivity contribution < 1.29 is 9.47 Å². The van der Waals surface area contributed by atoms with Crippen molar-refractivity contribution in [2.45, 2.75) is 39.2 Å². The van der Waals surface area contributed by atoms with Gasteiger partial charge in [0.25, 0.3) is 0 Å². The lowest BCUT2D eigenvalue weighted by atomic mass is 10.2. The van der Waals surface area contributed by atoms with Crippen molar-refractivity contribution in [2.24, 2.45) is 0 Å². The van der Waals surface area contributed by atoms with Crippen LogP contribution in [0.15, 0.2) is 24.3 Å². The number of aromatic nitrogens is 2. The topological polar surface area (TPSA) is 59.5 Å². The van der Waals surface area contributed by atoms with Gasteiger partial charge in [0.2, 0.25) is 0 Å². The Morgan fingerprint density at radius 1 is 0.962 bits per heavy atom. The molecule has 140 valence electrons. The second kappa shape index (κ2) is 8.74. The quantitative estimate of drug-likeness (QED) is 0.850. The second-order valence-electron chi connectivity index (χ2n) is 6.60. The third kappa shape index (κ3) is 4.56. The average Bonchev–Trinajstić information content (AvgIpc) is 2.95. The van der Waals surface area contributed by atoms with Crippen molar-refractivity contribution in [2.75, 3.05) is 37.5 Å². The summed E-state index contributed by atoms with van der Waals surface area (Å²) >= 11 is 0. The van der Waals surface area contributed by atoms with Gasteiger partial charge in [-0.3, -0.25) is 0 Å². The van der Waals surface area contributed by atoms with E-state index in [1.54, 1.807) is 14.2 Å². The fourth-order valence-electron chi connectivity index (χ4n) is 3.29. The number of hydrogen-bond donors (Lipinski definition) is 1. The number of ether oxygens (including phenoxy) is 2. The van der Waals surface area contributed by atoms with Gasteiger partial charge in [-0.15, -0.1) is 0 Å². The number of anilines is 2. The molecule has 1 aliphatic heterocycles. The zero-order valence-corrected chi connectivity index (χ0v) is 15.9. The third-order valence-electron chi connectivity index (χ3n) is 4.68. The molecule has 2 heterocycles. The van der Waals surface area contributed by atoms with Gasteiger partial charge in [-0.25, -0.2) is 9.97 Å². The van der Waals surface area contributed by atoms with Gasteiger partial charge in [0.1, 0.15) is 17.5 Å². The predicted octanol–water partition coefficient (Wildman–Crippen LogP) is 3.79. The van der Waals surface area contributed by atoms with Crippen molar-refractivity contribution in [1.82, 2.24) is 9.97 Å². The van der Waals surface area contributed by atoms with Crippen molar-refractivity contribution >= 4 is 11.6 Å². The van der Waals surface area contributed by atoms with E-state index in [-0.39, 0.29) is 0 Å². The van der Waals surface area contributed by atoms with E-state index in [9.17, 15) is 0 Å². The fraction of sp³-hybridized carbons (Fsp3) is 0.500. The lowest BCUT2D eigenvalue weighted by Crippen LogP contribution is -2.25. The fourth-order valence-corrected chi connectivity index (χ4v) is 3.29. The van der Waals surface area contributed by atoms with E-state index in [1.165, 1.54) is 25.7 Å². The maximum atomic E-state index is 5.37. The molecule has 0 unspecified atom stereocenters. The Morgan fingerprint density at radius 2 is 1.69 bits per heavy atom. The summed E-state index contributed by atoms with van der Waals surface area (Å²) in [5.41, 5.74) is 1.11. The first kappa shape index (κ1) is 18.3. The maximum absolute atomic E-state index is 5.37. The van der Waals surface area contributed by atoms with Crippen LogP contribution in [0.5, 0.6) is 11.5 Å². The van der Waals surface area contributed by atoms with Crippen LogP contribution in [0.2, 0.25) is 0 Å². The molecule has 2 aromatic rings. The molecule has 0 spiro atoms. The van der Waals surface area contributed by atoms with Gasteiger partial charge < -0.3 is 19.7 Å². The molecule has 1 fully saturated rings.